The molecule has 1 fully saturated rings. The van der Waals surface area contributed by atoms with E-state index < -0.39 is 11.3 Å². The van der Waals surface area contributed by atoms with Gasteiger partial charge in [-0.2, -0.15) is 0 Å². The summed E-state index contributed by atoms with van der Waals surface area (Å²) in [6, 6.07) is 7.55. The largest absolute Gasteiger partial charge is 0.480 e. The zero-order chi connectivity index (χ0) is 10.1. The molecule has 1 unspecified atom stereocenters. The second-order valence-electron chi connectivity index (χ2n) is 3.60. The summed E-state index contributed by atoms with van der Waals surface area (Å²) in [5, 5.41) is 7.92. The zero-order valence-electron chi connectivity index (χ0n) is 7.61. The van der Waals surface area contributed by atoms with Gasteiger partial charge < -0.3 is 5.11 Å². The van der Waals surface area contributed by atoms with Gasteiger partial charge in [-0.3, -0.25) is 4.79 Å². The van der Waals surface area contributed by atoms with Gasteiger partial charge in [-0.15, -0.1) is 11.6 Å². The lowest BCUT2D eigenvalue weighted by Gasteiger charge is -2.10. The molecule has 1 aromatic rings. The Morgan fingerprint density at radius 3 is 2.64 bits per heavy atom. The van der Waals surface area contributed by atoms with Crippen LogP contribution in [0.2, 0.25) is 0 Å². The first-order chi connectivity index (χ1) is 6.70. The Morgan fingerprint density at radius 2 is 2.07 bits per heavy atom. The van der Waals surface area contributed by atoms with E-state index in [1.165, 1.54) is 0 Å². The van der Waals surface area contributed by atoms with Crippen molar-refractivity contribution in [3.05, 3.63) is 35.4 Å². The second kappa shape index (κ2) is 3.62. The first-order valence-corrected chi connectivity index (χ1v) is 5.09. The van der Waals surface area contributed by atoms with Gasteiger partial charge in [-0.1, -0.05) is 24.3 Å². The second-order valence-corrected chi connectivity index (χ2v) is 4.04. The van der Waals surface area contributed by atoms with E-state index in [9.17, 15) is 4.79 Å². The molecule has 1 N–H and O–H groups in total. The molecule has 1 aromatic carbocycles. The lowest BCUT2D eigenvalue weighted by Crippen LogP contribution is -2.07. The number of hydrogen-bond donors (Lipinski definition) is 1. The lowest BCUT2D eigenvalue weighted by atomic mass is 10.0. The molecular formula is C11H11ClO2. The summed E-state index contributed by atoms with van der Waals surface area (Å²) < 4.78 is 0. The highest BCUT2D eigenvalue weighted by molar-refractivity contribution is 6.29. The van der Waals surface area contributed by atoms with Crippen LogP contribution in [-0.2, 0) is 4.79 Å². The van der Waals surface area contributed by atoms with Gasteiger partial charge in [0, 0.05) is 0 Å². The topological polar surface area (TPSA) is 37.3 Å². The molecule has 1 aliphatic rings. The van der Waals surface area contributed by atoms with Crippen LogP contribution >= 0.6 is 11.6 Å². The molecule has 2 rings (SSSR count). The number of carboxylic acids is 1. The van der Waals surface area contributed by atoms with Crippen molar-refractivity contribution in [1.82, 2.24) is 0 Å². The summed E-state index contributed by atoms with van der Waals surface area (Å²) >= 11 is 5.82. The minimum absolute atomic E-state index is 0.534. The van der Waals surface area contributed by atoms with E-state index in [2.05, 4.69) is 0 Å². The number of alkyl halides is 1. The Labute approximate surface area is 87.5 Å². The maximum absolute atomic E-state index is 10.8. The van der Waals surface area contributed by atoms with Crippen LogP contribution < -0.4 is 0 Å². The summed E-state index contributed by atoms with van der Waals surface area (Å²) in [5.74, 6) is -0.438. The summed E-state index contributed by atoms with van der Waals surface area (Å²) in [5.41, 5.74) is 1.86. The average Bonchev–Trinajstić information content (AvgIpc) is 3.00. The molecule has 1 atom stereocenters. The predicted octanol–water partition coefficient (Wildman–Crippen LogP) is 2.93. The maximum atomic E-state index is 10.8. The quantitative estimate of drug-likeness (QED) is 0.779. The molecule has 0 radical (unpaired) electrons. The molecule has 0 amide bonds. The van der Waals surface area contributed by atoms with Gasteiger partial charge in [0.25, 0.3) is 0 Å². The van der Waals surface area contributed by atoms with Crippen LogP contribution in [0.1, 0.15) is 35.3 Å². The van der Waals surface area contributed by atoms with Gasteiger partial charge in [0.2, 0.25) is 0 Å². The van der Waals surface area contributed by atoms with Crippen LogP contribution in [0.15, 0.2) is 24.3 Å². The molecule has 74 valence electrons. The maximum Gasteiger partial charge on any atom is 0.326 e. The third-order valence-electron chi connectivity index (χ3n) is 2.50. The molecule has 0 aromatic heterocycles. The number of carbonyl (C=O) groups is 1. The van der Waals surface area contributed by atoms with Gasteiger partial charge in [0.05, 0.1) is 0 Å². The van der Waals surface area contributed by atoms with Gasteiger partial charge in [-0.25, -0.2) is 0 Å². The lowest BCUT2D eigenvalue weighted by molar-refractivity contribution is -0.136. The van der Waals surface area contributed by atoms with Gasteiger partial charge in [-0.05, 0) is 29.9 Å². The van der Waals surface area contributed by atoms with E-state index in [1.54, 1.807) is 6.07 Å². The van der Waals surface area contributed by atoms with E-state index in [0.717, 1.165) is 24.0 Å². The van der Waals surface area contributed by atoms with E-state index in [-0.39, 0.29) is 0 Å². The summed E-state index contributed by atoms with van der Waals surface area (Å²) in [6.45, 7) is 0. The van der Waals surface area contributed by atoms with Gasteiger partial charge in [0.1, 0.15) is 0 Å². The SMILES string of the molecule is O=C(O)C(Cl)c1ccccc1C1CC1. The fourth-order valence-corrected chi connectivity index (χ4v) is 1.84. The molecular weight excluding hydrogens is 200 g/mol. The van der Waals surface area contributed by atoms with Crippen LogP contribution in [0.25, 0.3) is 0 Å². The third kappa shape index (κ3) is 1.75. The molecule has 0 bridgehead atoms. The number of hydrogen-bond acceptors (Lipinski definition) is 1. The summed E-state index contributed by atoms with van der Waals surface area (Å²) in [7, 11) is 0. The molecule has 3 heteroatoms. The number of aliphatic carboxylic acids is 1. The van der Waals surface area contributed by atoms with E-state index in [4.69, 9.17) is 16.7 Å². The Hall–Kier alpha value is -1.02. The van der Waals surface area contributed by atoms with Crippen molar-refractivity contribution >= 4 is 17.6 Å². The van der Waals surface area contributed by atoms with Crippen molar-refractivity contribution in [3.63, 3.8) is 0 Å². The Kier molecular flexibility index (Phi) is 2.46. The fourth-order valence-electron chi connectivity index (χ4n) is 1.64. The van der Waals surface area contributed by atoms with Crippen LogP contribution in [0.3, 0.4) is 0 Å². The van der Waals surface area contributed by atoms with E-state index >= 15 is 0 Å². The minimum Gasteiger partial charge on any atom is -0.480 e. The van der Waals surface area contributed by atoms with Crippen LogP contribution in [0.5, 0.6) is 0 Å². The smallest absolute Gasteiger partial charge is 0.326 e. The predicted molar refractivity (Wildman–Crippen MR) is 54.6 cm³/mol. The highest BCUT2D eigenvalue weighted by Gasteiger charge is 2.29. The molecule has 1 aliphatic carbocycles. The molecule has 1 saturated carbocycles. The Balaban J connectivity index is 2.35. The molecule has 2 nitrogen and oxygen atoms in total. The van der Waals surface area contributed by atoms with Crippen molar-refractivity contribution in [2.75, 3.05) is 0 Å². The number of carboxylic acid groups (broad SMARTS) is 1. The highest BCUT2D eigenvalue weighted by atomic mass is 35.5. The Bertz CT molecular complexity index is 358. The van der Waals surface area contributed by atoms with Crippen LogP contribution in [0.4, 0.5) is 0 Å². The average molecular weight is 211 g/mol. The number of rotatable bonds is 3. The number of benzene rings is 1. The highest BCUT2D eigenvalue weighted by Crippen LogP contribution is 2.43. The van der Waals surface area contributed by atoms with E-state index in [0.29, 0.717) is 5.92 Å². The molecule has 0 spiro atoms. The molecule has 0 aliphatic heterocycles. The van der Waals surface area contributed by atoms with Gasteiger partial charge in [0.15, 0.2) is 5.38 Å². The van der Waals surface area contributed by atoms with Crippen molar-refractivity contribution < 1.29 is 9.90 Å². The van der Waals surface area contributed by atoms with Crippen molar-refractivity contribution in [1.29, 1.82) is 0 Å². The zero-order valence-corrected chi connectivity index (χ0v) is 8.37. The number of halogens is 1. The molecule has 14 heavy (non-hydrogen) atoms. The standard InChI is InChI=1S/C11H11ClO2/c12-10(11(13)14)9-4-2-1-3-8(9)7-5-6-7/h1-4,7,10H,5-6H2,(H,13,14). The van der Waals surface area contributed by atoms with Crippen molar-refractivity contribution in [2.24, 2.45) is 0 Å². The summed E-state index contributed by atoms with van der Waals surface area (Å²) in [4.78, 5) is 10.8. The monoisotopic (exact) mass is 210 g/mol. The van der Waals surface area contributed by atoms with Crippen LogP contribution in [-0.4, -0.2) is 11.1 Å². The van der Waals surface area contributed by atoms with Crippen LogP contribution in [0, 0.1) is 0 Å². The summed E-state index contributed by atoms with van der Waals surface area (Å²) in [6.07, 6.45) is 2.31. The molecule has 0 saturated heterocycles. The van der Waals surface area contributed by atoms with Gasteiger partial charge >= 0.3 is 5.97 Å². The van der Waals surface area contributed by atoms with Crippen molar-refractivity contribution in [2.45, 2.75) is 24.1 Å². The fraction of sp³-hybridized carbons (Fsp3) is 0.364. The molecule has 0 heterocycles. The normalized spacial score (nSPS) is 17.8. The first kappa shape index (κ1) is 9.53. The third-order valence-corrected chi connectivity index (χ3v) is 2.92. The Morgan fingerprint density at radius 1 is 1.43 bits per heavy atom. The van der Waals surface area contributed by atoms with E-state index in [1.807, 2.05) is 18.2 Å². The minimum atomic E-state index is -0.972. The first-order valence-electron chi connectivity index (χ1n) is 4.66. The van der Waals surface area contributed by atoms with Crippen molar-refractivity contribution in [3.8, 4) is 0 Å².